The number of nitrogens with zero attached hydrogens (tertiary/aromatic N) is 1. The number of urea groups is 1. The van der Waals surface area contributed by atoms with E-state index in [-0.39, 0.29) is 12.6 Å². The summed E-state index contributed by atoms with van der Waals surface area (Å²) in [6, 6.07) is 21.3. The first-order valence-electron chi connectivity index (χ1n) is 10.2. The molecule has 166 valence electrons. The summed E-state index contributed by atoms with van der Waals surface area (Å²) in [6.07, 6.45) is 1.68. The van der Waals surface area contributed by atoms with Crippen molar-refractivity contribution in [1.29, 1.82) is 0 Å². The first-order valence-corrected chi connectivity index (χ1v) is 10.2. The van der Waals surface area contributed by atoms with Crippen LogP contribution in [0.15, 0.2) is 79.0 Å². The van der Waals surface area contributed by atoms with Crippen molar-refractivity contribution in [3.8, 4) is 16.9 Å². The highest BCUT2D eigenvalue weighted by Crippen LogP contribution is 2.28. The number of hydrogen-bond acceptors (Lipinski definition) is 5. The first-order chi connectivity index (χ1) is 16.1. The van der Waals surface area contributed by atoms with Crippen LogP contribution in [0.1, 0.15) is 15.9 Å². The third kappa shape index (κ3) is 4.91. The molecule has 0 aliphatic rings. The van der Waals surface area contributed by atoms with Gasteiger partial charge in [0.25, 0.3) is 5.91 Å². The second kappa shape index (κ2) is 9.80. The standard InChI is InChI=1S/C25H22N4O4/c1-33-19-8-2-6-18(14-19)21-13-16(10-11-20(21)24(30)29-32)15-27-25(31)28-22-9-3-5-17-7-4-12-26-23(17)22/h2-14,32H,15H2,1H3,(H,29,30)(H2,27,28,31). The average Bonchev–Trinajstić information content (AvgIpc) is 2.87. The Morgan fingerprint density at radius 1 is 1.00 bits per heavy atom. The Morgan fingerprint density at radius 3 is 2.64 bits per heavy atom. The van der Waals surface area contributed by atoms with Gasteiger partial charge in [-0.1, -0.05) is 36.4 Å². The second-order valence-electron chi connectivity index (χ2n) is 7.24. The lowest BCUT2D eigenvalue weighted by Gasteiger charge is -2.13. The molecule has 4 aromatic rings. The van der Waals surface area contributed by atoms with E-state index in [9.17, 15) is 9.59 Å². The van der Waals surface area contributed by atoms with Crippen molar-refractivity contribution in [3.63, 3.8) is 0 Å². The van der Waals surface area contributed by atoms with Crippen molar-refractivity contribution in [2.75, 3.05) is 12.4 Å². The Morgan fingerprint density at radius 2 is 1.82 bits per heavy atom. The number of amides is 3. The largest absolute Gasteiger partial charge is 0.497 e. The van der Waals surface area contributed by atoms with E-state index in [0.717, 1.165) is 16.5 Å². The summed E-state index contributed by atoms with van der Waals surface area (Å²) in [6.45, 7) is 0.224. The number of aromatic nitrogens is 1. The molecule has 0 saturated heterocycles. The number of pyridine rings is 1. The topological polar surface area (TPSA) is 113 Å². The quantitative estimate of drug-likeness (QED) is 0.262. The fourth-order valence-corrected chi connectivity index (χ4v) is 3.54. The molecule has 3 aromatic carbocycles. The monoisotopic (exact) mass is 442 g/mol. The van der Waals surface area contributed by atoms with Crippen molar-refractivity contribution < 1.29 is 19.5 Å². The van der Waals surface area contributed by atoms with Crippen molar-refractivity contribution in [2.24, 2.45) is 0 Å². The number of hydroxylamine groups is 1. The number of carbonyl (C=O) groups is 2. The molecule has 0 bridgehead atoms. The van der Waals surface area contributed by atoms with E-state index < -0.39 is 5.91 Å². The van der Waals surface area contributed by atoms with E-state index in [0.29, 0.717) is 28.1 Å². The van der Waals surface area contributed by atoms with Crippen LogP contribution in [0.2, 0.25) is 0 Å². The molecule has 8 nitrogen and oxygen atoms in total. The van der Waals surface area contributed by atoms with Gasteiger partial charge in [0.15, 0.2) is 0 Å². The molecule has 0 aliphatic carbocycles. The number of anilines is 1. The van der Waals surface area contributed by atoms with Crippen molar-refractivity contribution in [1.82, 2.24) is 15.8 Å². The Bertz CT molecular complexity index is 1320. The minimum atomic E-state index is -0.631. The highest BCUT2D eigenvalue weighted by atomic mass is 16.5. The van der Waals surface area contributed by atoms with Gasteiger partial charge < -0.3 is 15.4 Å². The van der Waals surface area contributed by atoms with Gasteiger partial charge in [0, 0.05) is 23.7 Å². The molecule has 0 spiro atoms. The molecule has 4 N–H and O–H groups in total. The van der Waals surface area contributed by atoms with Crippen molar-refractivity contribution in [3.05, 3.63) is 90.1 Å². The lowest BCUT2D eigenvalue weighted by atomic mass is 9.96. The third-order valence-electron chi connectivity index (χ3n) is 5.14. The molecule has 0 saturated carbocycles. The Labute approximate surface area is 190 Å². The summed E-state index contributed by atoms with van der Waals surface area (Å²) in [5, 5.41) is 15.7. The minimum absolute atomic E-state index is 0.224. The van der Waals surface area contributed by atoms with E-state index in [1.54, 1.807) is 55.2 Å². The molecule has 0 radical (unpaired) electrons. The Kier molecular flexibility index (Phi) is 6.47. The van der Waals surface area contributed by atoms with E-state index in [2.05, 4.69) is 15.6 Å². The van der Waals surface area contributed by atoms with Gasteiger partial charge in [-0.25, -0.2) is 10.3 Å². The number of fused-ring (bicyclic) bond motifs is 1. The molecule has 0 unspecified atom stereocenters. The Hall–Kier alpha value is -4.43. The van der Waals surface area contributed by atoms with E-state index in [1.165, 1.54) is 0 Å². The van der Waals surface area contributed by atoms with Crippen molar-refractivity contribution >= 4 is 28.5 Å². The smallest absolute Gasteiger partial charge is 0.319 e. The predicted molar refractivity (Wildman–Crippen MR) is 125 cm³/mol. The highest BCUT2D eigenvalue weighted by molar-refractivity contribution is 6.01. The molecule has 0 atom stereocenters. The SMILES string of the molecule is COc1cccc(-c2cc(CNC(=O)Nc3cccc4cccnc34)ccc2C(=O)NO)c1. The van der Waals surface area contributed by atoms with E-state index >= 15 is 0 Å². The van der Waals surface area contributed by atoms with E-state index in [4.69, 9.17) is 9.94 Å². The highest BCUT2D eigenvalue weighted by Gasteiger charge is 2.14. The fourth-order valence-electron chi connectivity index (χ4n) is 3.54. The normalized spacial score (nSPS) is 10.5. The summed E-state index contributed by atoms with van der Waals surface area (Å²) in [4.78, 5) is 29.0. The maximum atomic E-state index is 12.5. The number of para-hydroxylation sites is 1. The molecular formula is C25H22N4O4. The summed E-state index contributed by atoms with van der Waals surface area (Å²) >= 11 is 0. The molecular weight excluding hydrogens is 420 g/mol. The van der Waals surface area contributed by atoms with Crippen LogP contribution in [0, 0.1) is 0 Å². The lowest BCUT2D eigenvalue weighted by molar-refractivity contribution is 0.0707. The third-order valence-corrected chi connectivity index (χ3v) is 5.14. The summed E-state index contributed by atoms with van der Waals surface area (Å²) < 4.78 is 5.28. The number of nitrogens with one attached hydrogen (secondary N) is 3. The molecule has 3 amide bonds. The zero-order valence-electron chi connectivity index (χ0n) is 17.8. The molecule has 8 heteroatoms. The maximum Gasteiger partial charge on any atom is 0.319 e. The number of benzene rings is 3. The predicted octanol–water partition coefficient (Wildman–Crippen LogP) is 4.35. The zero-order valence-corrected chi connectivity index (χ0v) is 17.8. The lowest BCUT2D eigenvalue weighted by Crippen LogP contribution is -2.28. The fraction of sp³-hybridized carbons (Fsp3) is 0.0800. The summed E-state index contributed by atoms with van der Waals surface area (Å²) in [5.41, 5.74) is 5.39. The van der Waals surface area contributed by atoms with Gasteiger partial charge in [-0.2, -0.15) is 0 Å². The number of carbonyl (C=O) groups excluding carboxylic acids is 2. The number of methoxy groups -OCH3 is 1. The molecule has 0 aliphatic heterocycles. The van der Waals surface area contributed by atoms with Crippen LogP contribution in [-0.4, -0.2) is 29.2 Å². The maximum absolute atomic E-state index is 12.5. The van der Waals surface area contributed by atoms with Crippen molar-refractivity contribution in [2.45, 2.75) is 6.54 Å². The van der Waals surface area contributed by atoms with Gasteiger partial charge >= 0.3 is 6.03 Å². The molecule has 0 fully saturated rings. The van der Waals surface area contributed by atoms with Crippen LogP contribution >= 0.6 is 0 Å². The summed E-state index contributed by atoms with van der Waals surface area (Å²) in [5.74, 6) is 0.00277. The van der Waals surface area contributed by atoms with Crippen LogP contribution in [0.4, 0.5) is 10.5 Å². The van der Waals surface area contributed by atoms with Crippen LogP contribution in [-0.2, 0) is 6.54 Å². The van der Waals surface area contributed by atoms with E-state index in [1.807, 2.05) is 36.4 Å². The minimum Gasteiger partial charge on any atom is -0.497 e. The van der Waals surface area contributed by atoms with Crippen LogP contribution in [0.3, 0.4) is 0 Å². The Balaban J connectivity index is 1.54. The van der Waals surface area contributed by atoms with Gasteiger partial charge in [-0.15, -0.1) is 0 Å². The number of hydrogen-bond donors (Lipinski definition) is 4. The average molecular weight is 442 g/mol. The number of rotatable bonds is 6. The van der Waals surface area contributed by atoms with Gasteiger partial charge in [-0.3, -0.25) is 15.0 Å². The molecule has 33 heavy (non-hydrogen) atoms. The van der Waals surface area contributed by atoms with Gasteiger partial charge in [0.05, 0.1) is 18.3 Å². The van der Waals surface area contributed by atoms with Crippen LogP contribution < -0.4 is 20.9 Å². The molecule has 1 aromatic heterocycles. The number of ether oxygens (including phenoxy) is 1. The van der Waals surface area contributed by atoms with Crippen LogP contribution in [0.25, 0.3) is 22.0 Å². The first kappa shape index (κ1) is 21.8. The van der Waals surface area contributed by atoms with Crippen LogP contribution in [0.5, 0.6) is 5.75 Å². The summed E-state index contributed by atoms with van der Waals surface area (Å²) in [7, 11) is 1.56. The van der Waals surface area contributed by atoms with Gasteiger partial charge in [0.2, 0.25) is 0 Å². The second-order valence-corrected chi connectivity index (χ2v) is 7.24. The van der Waals surface area contributed by atoms with Gasteiger partial charge in [0.1, 0.15) is 5.75 Å². The zero-order chi connectivity index (χ0) is 23.2. The van der Waals surface area contributed by atoms with Gasteiger partial charge in [-0.05, 0) is 53.1 Å². The molecule has 1 heterocycles. The molecule has 4 rings (SSSR count).